The Balaban J connectivity index is 2.36. The van der Waals surface area contributed by atoms with Crippen molar-refractivity contribution in [1.82, 2.24) is 0 Å². The van der Waals surface area contributed by atoms with E-state index in [9.17, 15) is 18.9 Å². The van der Waals surface area contributed by atoms with Crippen LogP contribution in [0.25, 0.3) is 0 Å². The molecule has 1 aliphatic carbocycles. The third-order valence-corrected chi connectivity index (χ3v) is 4.26. The second-order valence-corrected chi connectivity index (χ2v) is 5.41. The van der Waals surface area contributed by atoms with E-state index in [0.717, 1.165) is 25.3 Å². The highest BCUT2D eigenvalue weighted by Gasteiger charge is 2.31. The fourth-order valence-electron chi connectivity index (χ4n) is 3.13. The highest BCUT2D eigenvalue weighted by atomic mass is 19.3. The van der Waals surface area contributed by atoms with Crippen LogP contribution in [0, 0.1) is 16.0 Å². The molecule has 0 amide bonds. The second-order valence-electron chi connectivity index (χ2n) is 5.41. The Morgan fingerprint density at radius 1 is 1.48 bits per heavy atom. The van der Waals surface area contributed by atoms with E-state index in [1.807, 2.05) is 0 Å². The van der Waals surface area contributed by atoms with Crippen LogP contribution in [0.15, 0.2) is 18.2 Å². The second kappa shape index (κ2) is 6.34. The number of nitro groups is 1. The summed E-state index contributed by atoms with van der Waals surface area (Å²) in [6.45, 7) is 0.520. The molecule has 2 N–H and O–H groups in total. The van der Waals surface area contributed by atoms with Gasteiger partial charge in [-0.2, -0.15) is 0 Å². The summed E-state index contributed by atoms with van der Waals surface area (Å²) in [5, 5.41) is 10.7. The molecule has 0 aliphatic heterocycles. The Kier molecular flexibility index (Phi) is 4.72. The first kappa shape index (κ1) is 15.6. The number of nitro benzene ring substituents is 1. The van der Waals surface area contributed by atoms with Gasteiger partial charge in [0.15, 0.2) is 0 Å². The van der Waals surface area contributed by atoms with E-state index in [4.69, 9.17) is 5.73 Å². The quantitative estimate of drug-likeness (QED) is 0.670. The zero-order chi connectivity index (χ0) is 15.6. The summed E-state index contributed by atoms with van der Waals surface area (Å²) in [6, 6.07) is 3.74. The molecule has 1 saturated carbocycles. The third-order valence-electron chi connectivity index (χ3n) is 4.26. The van der Waals surface area contributed by atoms with Gasteiger partial charge in [0.1, 0.15) is 0 Å². The third kappa shape index (κ3) is 3.12. The fraction of sp³-hybridized carbons (Fsp3) is 0.571. The molecule has 1 fully saturated rings. The van der Waals surface area contributed by atoms with Crippen LogP contribution in [0.5, 0.6) is 0 Å². The highest BCUT2D eigenvalue weighted by molar-refractivity contribution is 5.59. The molecule has 0 spiro atoms. The number of hydrogen-bond donors (Lipinski definition) is 1. The van der Waals surface area contributed by atoms with Crippen molar-refractivity contribution in [3.63, 3.8) is 0 Å². The first-order chi connectivity index (χ1) is 9.95. The van der Waals surface area contributed by atoms with Crippen LogP contribution in [-0.4, -0.2) is 24.6 Å². The maximum atomic E-state index is 13.2. The van der Waals surface area contributed by atoms with Gasteiger partial charge in [0.25, 0.3) is 12.1 Å². The standard InChI is InChI=1S/C14H19F2N3O2/c1-18(12-4-2-3-9(12)8-17)13-6-5-10(19(20)21)7-11(13)14(15)16/h5-7,9,12,14H,2-4,8,17H2,1H3. The lowest BCUT2D eigenvalue weighted by molar-refractivity contribution is -0.385. The van der Waals surface area contributed by atoms with E-state index in [-0.39, 0.29) is 23.2 Å². The molecule has 2 rings (SSSR count). The molecular weight excluding hydrogens is 280 g/mol. The molecular formula is C14H19F2N3O2. The van der Waals surface area contributed by atoms with Crippen molar-refractivity contribution in [2.24, 2.45) is 11.7 Å². The van der Waals surface area contributed by atoms with Crippen LogP contribution in [0.1, 0.15) is 31.3 Å². The molecule has 0 radical (unpaired) electrons. The predicted molar refractivity (Wildman–Crippen MR) is 76.6 cm³/mol. The highest BCUT2D eigenvalue weighted by Crippen LogP contribution is 2.37. The zero-order valence-electron chi connectivity index (χ0n) is 11.8. The van der Waals surface area contributed by atoms with Gasteiger partial charge in [-0.25, -0.2) is 8.78 Å². The zero-order valence-corrected chi connectivity index (χ0v) is 11.8. The predicted octanol–water partition coefficient (Wildman–Crippen LogP) is 3.10. The number of non-ortho nitro benzene ring substituents is 1. The Labute approximate surface area is 121 Å². The summed E-state index contributed by atoms with van der Waals surface area (Å²) in [6.07, 6.45) is 0.161. The molecule has 0 saturated heterocycles. The molecule has 2 atom stereocenters. The van der Waals surface area contributed by atoms with Gasteiger partial charge in [-0.3, -0.25) is 10.1 Å². The van der Waals surface area contributed by atoms with Gasteiger partial charge in [0.05, 0.1) is 4.92 Å². The van der Waals surface area contributed by atoms with E-state index < -0.39 is 11.3 Å². The minimum absolute atomic E-state index is 0.106. The molecule has 5 nitrogen and oxygen atoms in total. The van der Waals surface area contributed by atoms with Crippen molar-refractivity contribution in [3.8, 4) is 0 Å². The molecule has 0 heterocycles. The largest absolute Gasteiger partial charge is 0.371 e. The van der Waals surface area contributed by atoms with Crippen molar-refractivity contribution in [2.45, 2.75) is 31.7 Å². The average Bonchev–Trinajstić information content (AvgIpc) is 2.94. The Hall–Kier alpha value is -1.76. The number of halogens is 2. The molecule has 2 unspecified atom stereocenters. The van der Waals surface area contributed by atoms with Crippen molar-refractivity contribution < 1.29 is 13.7 Å². The van der Waals surface area contributed by atoms with Gasteiger partial charge >= 0.3 is 0 Å². The van der Waals surface area contributed by atoms with Crippen LogP contribution in [0.2, 0.25) is 0 Å². The summed E-state index contributed by atoms with van der Waals surface area (Å²) >= 11 is 0. The normalized spacial score (nSPS) is 21.8. The first-order valence-electron chi connectivity index (χ1n) is 6.95. The van der Waals surface area contributed by atoms with Crippen LogP contribution in [-0.2, 0) is 0 Å². The van der Waals surface area contributed by atoms with Crippen LogP contribution in [0.3, 0.4) is 0 Å². The molecule has 0 aromatic heterocycles. The number of benzene rings is 1. The summed E-state index contributed by atoms with van der Waals surface area (Å²) in [4.78, 5) is 11.9. The topological polar surface area (TPSA) is 72.4 Å². The van der Waals surface area contributed by atoms with Gasteiger partial charge < -0.3 is 10.6 Å². The maximum Gasteiger partial charge on any atom is 0.270 e. The van der Waals surface area contributed by atoms with Crippen molar-refractivity contribution >= 4 is 11.4 Å². The number of hydrogen-bond acceptors (Lipinski definition) is 4. The number of alkyl halides is 2. The van der Waals surface area contributed by atoms with Crippen LogP contribution < -0.4 is 10.6 Å². The lowest BCUT2D eigenvalue weighted by Gasteiger charge is -2.32. The lowest BCUT2D eigenvalue weighted by atomic mass is 10.0. The van der Waals surface area contributed by atoms with Gasteiger partial charge in [-0.1, -0.05) is 6.42 Å². The van der Waals surface area contributed by atoms with Crippen molar-refractivity contribution in [3.05, 3.63) is 33.9 Å². The monoisotopic (exact) mass is 299 g/mol. The summed E-state index contributed by atoms with van der Waals surface area (Å²) < 4.78 is 26.4. The summed E-state index contributed by atoms with van der Waals surface area (Å²) in [7, 11) is 1.76. The van der Waals surface area contributed by atoms with Gasteiger partial charge in [-0.05, 0) is 31.4 Å². The number of nitrogens with two attached hydrogens (primary N) is 1. The summed E-state index contributed by atoms with van der Waals surface area (Å²) in [5.41, 5.74) is 5.47. The molecule has 21 heavy (non-hydrogen) atoms. The number of nitrogens with zero attached hydrogens (tertiary/aromatic N) is 2. The van der Waals surface area contributed by atoms with Crippen molar-refractivity contribution in [1.29, 1.82) is 0 Å². The first-order valence-corrected chi connectivity index (χ1v) is 6.95. The lowest BCUT2D eigenvalue weighted by Crippen LogP contribution is -2.38. The fourth-order valence-corrected chi connectivity index (χ4v) is 3.13. The average molecular weight is 299 g/mol. The van der Waals surface area contributed by atoms with E-state index in [2.05, 4.69) is 0 Å². The smallest absolute Gasteiger partial charge is 0.270 e. The Bertz CT molecular complexity index is 525. The van der Waals surface area contributed by atoms with E-state index >= 15 is 0 Å². The molecule has 1 aliphatic rings. The van der Waals surface area contributed by atoms with Gasteiger partial charge in [0.2, 0.25) is 0 Å². The Morgan fingerprint density at radius 3 is 2.76 bits per heavy atom. The minimum Gasteiger partial charge on any atom is -0.371 e. The SMILES string of the molecule is CN(c1ccc([N+](=O)[O-])cc1C(F)F)C1CCCC1CN. The molecule has 1 aromatic carbocycles. The summed E-state index contributed by atoms with van der Waals surface area (Å²) in [5.74, 6) is 0.274. The van der Waals surface area contributed by atoms with Gasteiger partial charge in [0, 0.05) is 36.5 Å². The number of anilines is 1. The van der Waals surface area contributed by atoms with Crippen LogP contribution >= 0.6 is 0 Å². The van der Waals surface area contributed by atoms with E-state index in [1.54, 1.807) is 11.9 Å². The van der Waals surface area contributed by atoms with Gasteiger partial charge in [-0.15, -0.1) is 0 Å². The molecule has 1 aromatic rings. The Morgan fingerprint density at radius 2 is 2.19 bits per heavy atom. The van der Waals surface area contributed by atoms with E-state index in [0.29, 0.717) is 12.2 Å². The van der Waals surface area contributed by atoms with Crippen molar-refractivity contribution in [2.75, 3.05) is 18.5 Å². The number of rotatable bonds is 5. The van der Waals surface area contributed by atoms with E-state index in [1.165, 1.54) is 12.1 Å². The maximum absolute atomic E-state index is 13.2. The molecule has 0 bridgehead atoms. The van der Waals surface area contributed by atoms with Crippen LogP contribution in [0.4, 0.5) is 20.2 Å². The molecule has 116 valence electrons. The molecule has 7 heteroatoms. The minimum atomic E-state index is -2.75.